The minimum absolute atomic E-state index is 0.782. The van der Waals surface area contributed by atoms with E-state index in [0.717, 1.165) is 29.9 Å². The highest BCUT2D eigenvalue weighted by Crippen LogP contribution is 2.29. The van der Waals surface area contributed by atoms with Gasteiger partial charge in [0.15, 0.2) is 0 Å². The van der Waals surface area contributed by atoms with Crippen LogP contribution in [-0.2, 0) is 6.54 Å². The van der Waals surface area contributed by atoms with Crippen LogP contribution < -0.4 is 5.32 Å². The van der Waals surface area contributed by atoms with Crippen LogP contribution in [0.1, 0.15) is 44.6 Å². The van der Waals surface area contributed by atoms with Crippen molar-refractivity contribution in [1.29, 1.82) is 0 Å². The third kappa shape index (κ3) is 4.84. The molecule has 2 aromatic carbocycles. The summed E-state index contributed by atoms with van der Waals surface area (Å²) in [6.07, 6.45) is 7.15. The van der Waals surface area contributed by atoms with Crippen molar-refractivity contribution in [2.45, 2.75) is 45.6 Å². The molecule has 1 atom stereocenters. The molecular formula is C22H28ClN. The fourth-order valence-corrected chi connectivity index (χ4v) is 3.94. The van der Waals surface area contributed by atoms with Crippen LogP contribution in [0.5, 0.6) is 0 Å². The summed E-state index contributed by atoms with van der Waals surface area (Å²) in [6.45, 7) is 4.47. The molecule has 1 saturated carbocycles. The summed E-state index contributed by atoms with van der Waals surface area (Å²) in [4.78, 5) is 0. The topological polar surface area (TPSA) is 12.0 Å². The number of rotatable bonds is 6. The van der Waals surface area contributed by atoms with Crippen molar-refractivity contribution in [3.63, 3.8) is 0 Å². The molecule has 1 aliphatic carbocycles. The molecule has 1 N–H and O–H groups in total. The standard InChI is InChI=1S/C22H28ClN/c1-17(19-7-3-2-4-8-19)15-24-16-18-6-5-9-21(14-18)20-10-12-22(23)13-11-20/h5-6,9-14,17,19,24H,2-4,7-8,15-16H2,1H3. The molecule has 0 spiro atoms. The Kier molecular flexibility index (Phi) is 6.34. The van der Waals surface area contributed by atoms with E-state index in [1.807, 2.05) is 12.1 Å². The molecule has 0 radical (unpaired) electrons. The van der Waals surface area contributed by atoms with Crippen molar-refractivity contribution in [3.05, 3.63) is 59.1 Å². The Morgan fingerprint density at radius 3 is 2.50 bits per heavy atom. The van der Waals surface area contributed by atoms with Crippen LogP contribution in [-0.4, -0.2) is 6.54 Å². The second kappa shape index (κ2) is 8.69. The number of nitrogens with one attached hydrogen (secondary N) is 1. The van der Waals surface area contributed by atoms with Gasteiger partial charge in [0.05, 0.1) is 0 Å². The minimum atomic E-state index is 0.782. The lowest BCUT2D eigenvalue weighted by Crippen LogP contribution is -2.27. The first kappa shape index (κ1) is 17.5. The van der Waals surface area contributed by atoms with Crippen molar-refractivity contribution in [2.75, 3.05) is 6.54 Å². The Morgan fingerprint density at radius 2 is 1.75 bits per heavy atom. The van der Waals surface area contributed by atoms with Gasteiger partial charge in [-0.3, -0.25) is 0 Å². The van der Waals surface area contributed by atoms with E-state index in [-0.39, 0.29) is 0 Å². The molecule has 2 heteroatoms. The van der Waals surface area contributed by atoms with E-state index < -0.39 is 0 Å². The zero-order chi connectivity index (χ0) is 16.8. The first-order valence-electron chi connectivity index (χ1n) is 9.28. The summed E-state index contributed by atoms with van der Waals surface area (Å²) in [6, 6.07) is 16.9. The number of halogens is 1. The summed E-state index contributed by atoms with van der Waals surface area (Å²) in [5, 5.41) is 4.45. The molecule has 0 heterocycles. The first-order chi connectivity index (χ1) is 11.7. The van der Waals surface area contributed by atoms with Gasteiger partial charge in [0.25, 0.3) is 0 Å². The Morgan fingerprint density at radius 1 is 1.00 bits per heavy atom. The normalized spacial score (nSPS) is 16.9. The second-order valence-corrected chi connectivity index (χ2v) is 7.65. The smallest absolute Gasteiger partial charge is 0.0406 e. The number of hydrogen-bond donors (Lipinski definition) is 1. The van der Waals surface area contributed by atoms with Crippen LogP contribution in [0, 0.1) is 11.8 Å². The average molecular weight is 342 g/mol. The zero-order valence-electron chi connectivity index (χ0n) is 14.6. The largest absolute Gasteiger partial charge is 0.312 e. The van der Waals surface area contributed by atoms with E-state index in [1.165, 1.54) is 48.8 Å². The van der Waals surface area contributed by atoms with Gasteiger partial charge in [-0.25, -0.2) is 0 Å². The van der Waals surface area contributed by atoms with Gasteiger partial charge < -0.3 is 5.32 Å². The zero-order valence-corrected chi connectivity index (χ0v) is 15.4. The highest BCUT2D eigenvalue weighted by Gasteiger charge is 2.19. The second-order valence-electron chi connectivity index (χ2n) is 7.21. The lowest BCUT2D eigenvalue weighted by molar-refractivity contribution is 0.256. The van der Waals surface area contributed by atoms with Crippen molar-refractivity contribution < 1.29 is 0 Å². The van der Waals surface area contributed by atoms with Gasteiger partial charge in [-0.05, 0) is 53.3 Å². The Bertz CT molecular complexity index is 629. The first-order valence-corrected chi connectivity index (χ1v) is 9.66. The summed E-state index contributed by atoms with van der Waals surface area (Å²) in [5.74, 6) is 1.70. The van der Waals surface area contributed by atoms with Gasteiger partial charge in [0.1, 0.15) is 0 Å². The minimum Gasteiger partial charge on any atom is -0.312 e. The Balaban J connectivity index is 1.54. The van der Waals surface area contributed by atoms with Crippen LogP contribution >= 0.6 is 11.6 Å². The molecule has 0 saturated heterocycles. The molecule has 24 heavy (non-hydrogen) atoms. The maximum Gasteiger partial charge on any atom is 0.0406 e. The maximum atomic E-state index is 5.98. The maximum absolute atomic E-state index is 5.98. The van der Waals surface area contributed by atoms with Crippen LogP contribution in [0.3, 0.4) is 0 Å². The van der Waals surface area contributed by atoms with E-state index in [0.29, 0.717) is 0 Å². The SMILES string of the molecule is CC(CNCc1cccc(-c2ccc(Cl)cc2)c1)C1CCCCC1. The molecule has 1 fully saturated rings. The molecule has 0 amide bonds. The van der Waals surface area contributed by atoms with Crippen LogP contribution in [0.2, 0.25) is 5.02 Å². The van der Waals surface area contributed by atoms with Crippen LogP contribution in [0.25, 0.3) is 11.1 Å². The van der Waals surface area contributed by atoms with E-state index in [2.05, 4.69) is 48.6 Å². The van der Waals surface area contributed by atoms with Crippen molar-refractivity contribution in [3.8, 4) is 11.1 Å². The van der Waals surface area contributed by atoms with E-state index in [4.69, 9.17) is 11.6 Å². The highest BCUT2D eigenvalue weighted by molar-refractivity contribution is 6.30. The lowest BCUT2D eigenvalue weighted by atomic mass is 9.81. The van der Waals surface area contributed by atoms with Crippen LogP contribution in [0.15, 0.2) is 48.5 Å². The summed E-state index contributed by atoms with van der Waals surface area (Å²) in [7, 11) is 0. The van der Waals surface area contributed by atoms with Crippen LogP contribution in [0.4, 0.5) is 0 Å². The Labute approximate surface area is 151 Å². The summed E-state index contributed by atoms with van der Waals surface area (Å²) < 4.78 is 0. The molecule has 0 aliphatic heterocycles. The Hall–Kier alpha value is -1.31. The fraction of sp³-hybridized carbons (Fsp3) is 0.455. The van der Waals surface area contributed by atoms with E-state index >= 15 is 0 Å². The van der Waals surface area contributed by atoms with Gasteiger partial charge in [-0.2, -0.15) is 0 Å². The number of hydrogen-bond acceptors (Lipinski definition) is 1. The van der Waals surface area contributed by atoms with Crippen molar-refractivity contribution >= 4 is 11.6 Å². The summed E-state index contributed by atoms with van der Waals surface area (Å²) in [5.41, 5.74) is 3.82. The highest BCUT2D eigenvalue weighted by atomic mass is 35.5. The fourth-order valence-electron chi connectivity index (χ4n) is 3.82. The molecule has 128 valence electrons. The van der Waals surface area contributed by atoms with Crippen molar-refractivity contribution in [2.24, 2.45) is 11.8 Å². The van der Waals surface area contributed by atoms with Gasteiger partial charge in [-0.15, -0.1) is 0 Å². The molecule has 1 nitrogen and oxygen atoms in total. The van der Waals surface area contributed by atoms with Gasteiger partial charge >= 0.3 is 0 Å². The molecule has 0 bridgehead atoms. The molecular weight excluding hydrogens is 314 g/mol. The third-order valence-corrected chi connectivity index (χ3v) is 5.61. The van der Waals surface area contributed by atoms with Crippen molar-refractivity contribution in [1.82, 2.24) is 5.32 Å². The summed E-state index contributed by atoms with van der Waals surface area (Å²) >= 11 is 5.98. The molecule has 0 aromatic heterocycles. The predicted octanol–water partition coefficient (Wildman–Crippen LogP) is 6.31. The average Bonchev–Trinajstić information content (AvgIpc) is 2.63. The third-order valence-electron chi connectivity index (χ3n) is 5.35. The van der Waals surface area contributed by atoms with Gasteiger partial charge in [-0.1, -0.05) is 81.0 Å². The lowest BCUT2D eigenvalue weighted by Gasteiger charge is -2.27. The number of benzene rings is 2. The monoisotopic (exact) mass is 341 g/mol. The predicted molar refractivity (Wildman–Crippen MR) is 104 cm³/mol. The van der Waals surface area contributed by atoms with E-state index in [9.17, 15) is 0 Å². The molecule has 1 unspecified atom stereocenters. The van der Waals surface area contributed by atoms with Gasteiger partial charge in [0.2, 0.25) is 0 Å². The quantitative estimate of drug-likeness (QED) is 0.648. The van der Waals surface area contributed by atoms with E-state index in [1.54, 1.807) is 0 Å². The molecule has 1 aliphatic rings. The molecule has 3 rings (SSSR count). The molecule has 2 aromatic rings. The van der Waals surface area contributed by atoms with Gasteiger partial charge in [0, 0.05) is 11.6 Å².